The molecule has 2 aromatic rings. The third kappa shape index (κ3) is 3.81. The van der Waals surface area contributed by atoms with Gasteiger partial charge in [-0.2, -0.15) is 0 Å². The van der Waals surface area contributed by atoms with E-state index in [1.165, 1.54) is 17.3 Å². The molecule has 0 spiro atoms. The first-order valence-electron chi connectivity index (χ1n) is 8.83. The maximum atomic E-state index is 13.0. The summed E-state index contributed by atoms with van der Waals surface area (Å²) in [6, 6.07) is 8.08. The fraction of sp³-hybridized carbons (Fsp3) is 0.500. The van der Waals surface area contributed by atoms with E-state index in [-0.39, 0.29) is 16.8 Å². The largest absolute Gasteiger partial charge is 0.343 e. The maximum Gasteiger partial charge on any atom is 0.343 e. The number of fused-ring (bicyclic) bond motifs is 1. The minimum absolute atomic E-state index is 0.0645. The molecule has 2 heterocycles. The number of nitrogens with zero attached hydrogens (tertiary/aromatic N) is 3. The minimum atomic E-state index is -0.304. The van der Waals surface area contributed by atoms with E-state index in [0.717, 1.165) is 37.9 Å². The van der Waals surface area contributed by atoms with Gasteiger partial charge >= 0.3 is 5.69 Å². The second-order valence-corrected chi connectivity index (χ2v) is 7.61. The molecule has 0 fully saturated rings. The zero-order valence-corrected chi connectivity index (χ0v) is 15.5. The number of unbranched alkanes of at least 4 members (excludes halogenated alkanes) is 1. The first kappa shape index (κ1) is 17.8. The molecule has 0 aliphatic carbocycles. The topological polar surface area (TPSA) is 71.0 Å². The Bertz CT molecular complexity index is 798. The van der Waals surface area contributed by atoms with Gasteiger partial charge in [-0.25, -0.2) is 9.89 Å². The Morgan fingerprint density at radius 2 is 2.20 bits per heavy atom. The van der Waals surface area contributed by atoms with Crippen molar-refractivity contribution in [3.05, 3.63) is 40.3 Å². The molecule has 1 aliphatic heterocycles. The number of carbonyl (C=O) groups is 1. The number of aromatic amines is 1. The number of carbonyl (C=O) groups excluding carboxylic acids is 1. The van der Waals surface area contributed by atoms with Crippen LogP contribution in [0.4, 0.5) is 5.69 Å². The molecule has 0 bridgehead atoms. The summed E-state index contributed by atoms with van der Waals surface area (Å²) in [6.07, 6.45) is 3.90. The summed E-state index contributed by atoms with van der Waals surface area (Å²) < 4.78 is 1.63. The third-order valence-electron chi connectivity index (χ3n) is 4.46. The van der Waals surface area contributed by atoms with Gasteiger partial charge in [-0.15, -0.1) is 5.10 Å². The van der Waals surface area contributed by atoms with Crippen molar-refractivity contribution >= 4 is 23.4 Å². The molecule has 0 radical (unpaired) electrons. The Morgan fingerprint density at radius 3 is 3.00 bits per heavy atom. The van der Waals surface area contributed by atoms with E-state index >= 15 is 0 Å². The number of aromatic nitrogens is 3. The quantitative estimate of drug-likeness (QED) is 0.804. The second kappa shape index (κ2) is 7.91. The Morgan fingerprint density at radius 1 is 1.40 bits per heavy atom. The smallest absolute Gasteiger partial charge is 0.311 e. The van der Waals surface area contributed by atoms with Crippen LogP contribution in [-0.4, -0.2) is 32.5 Å². The van der Waals surface area contributed by atoms with Crippen molar-refractivity contribution in [3.8, 4) is 0 Å². The molecule has 134 valence electrons. The summed E-state index contributed by atoms with van der Waals surface area (Å²) in [6.45, 7) is 5.33. The van der Waals surface area contributed by atoms with Crippen LogP contribution in [0.3, 0.4) is 0 Å². The number of thioether (sulfide) groups is 1. The summed E-state index contributed by atoms with van der Waals surface area (Å²) in [5.41, 5.74) is 2.02. The van der Waals surface area contributed by atoms with Crippen LogP contribution in [0.5, 0.6) is 0 Å². The summed E-state index contributed by atoms with van der Waals surface area (Å²) in [5.74, 6) is 0.0645. The lowest BCUT2D eigenvalue weighted by atomic mass is 10.0. The number of anilines is 1. The van der Waals surface area contributed by atoms with Crippen molar-refractivity contribution in [2.24, 2.45) is 0 Å². The van der Waals surface area contributed by atoms with E-state index in [2.05, 4.69) is 23.2 Å². The summed E-state index contributed by atoms with van der Waals surface area (Å²) in [4.78, 5) is 26.7. The molecular weight excluding hydrogens is 336 g/mol. The average molecular weight is 360 g/mol. The van der Waals surface area contributed by atoms with Crippen LogP contribution in [0.25, 0.3) is 0 Å². The molecule has 6 nitrogen and oxygen atoms in total. The van der Waals surface area contributed by atoms with Gasteiger partial charge in [-0.1, -0.05) is 43.3 Å². The van der Waals surface area contributed by atoms with Gasteiger partial charge in [0.05, 0.1) is 5.25 Å². The highest BCUT2D eigenvalue weighted by atomic mass is 32.2. The fourth-order valence-corrected chi connectivity index (χ4v) is 4.04. The summed E-state index contributed by atoms with van der Waals surface area (Å²) in [5, 5.41) is 6.88. The predicted octanol–water partition coefficient (Wildman–Crippen LogP) is 2.83. The van der Waals surface area contributed by atoms with Gasteiger partial charge in [0.1, 0.15) is 0 Å². The van der Waals surface area contributed by atoms with Gasteiger partial charge in [0.2, 0.25) is 5.91 Å². The Labute approximate surface area is 151 Å². The van der Waals surface area contributed by atoms with Crippen LogP contribution in [0.15, 0.2) is 34.2 Å². The van der Waals surface area contributed by atoms with Gasteiger partial charge in [0.25, 0.3) is 0 Å². The van der Waals surface area contributed by atoms with Crippen molar-refractivity contribution in [2.75, 3.05) is 11.4 Å². The molecule has 0 saturated carbocycles. The van der Waals surface area contributed by atoms with Crippen LogP contribution < -0.4 is 10.6 Å². The predicted molar refractivity (Wildman–Crippen MR) is 100 cm³/mol. The van der Waals surface area contributed by atoms with Crippen molar-refractivity contribution in [1.82, 2.24) is 14.8 Å². The van der Waals surface area contributed by atoms with E-state index in [1.807, 2.05) is 30.0 Å². The third-order valence-corrected chi connectivity index (χ3v) is 5.54. The van der Waals surface area contributed by atoms with Crippen LogP contribution >= 0.6 is 11.8 Å². The van der Waals surface area contributed by atoms with Gasteiger partial charge in [-0.3, -0.25) is 9.36 Å². The van der Waals surface area contributed by atoms with E-state index in [4.69, 9.17) is 0 Å². The molecular formula is C18H24N4O2S. The van der Waals surface area contributed by atoms with Crippen LogP contribution in [0, 0.1) is 0 Å². The lowest BCUT2D eigenvalue weighted by molar-refractivity contribution is -0.117. The number of nitrogens with one attached hydrogen (secondary N) is 1. The molecule has 1 aliphatic rings. The molecule has 1 unspecified atom stereocenters. The summed E-state index contributed by atoms with van der Waals surface area (Å²) in [7, 11) is 0. The van der Waals surface area contributed by atoms with E-state index < -0.39 is 0 Å². The van der Waals surface area contributed by atoms with Crippen molar-refractivity contribution < 1.29 is 4.79 Å². The highest BCUT2D eigenvalue weighted by Crippen LogP contribution is 2.30. The standard InChI is InChI=1S/C18H24N4O2S/c1-3-4-11-22-17(24)19-20-18(22)25-13(2)16(23)21-12-7-9-14-8-5-6-10-15(14)21/h5-6,8,10,13H,3-4,7,9,11-12H2,1-2H3,(H,19,24). The highest BCUT2D eigenvalue weighted by Gasteiger charge is 2.28. The van der Waals surface area contributed by atoms with Crippen LogP contribution in [-0.2, 0) is 17.8 Å². The van der Waals surface area contributed by atoms with E-state index in [1.54, 1.807) is 4.57 Å². The number of para-hydroxylation sites is 1. The van der Waals surface area contributed by atoms with Gasteiger partial charge in [0.15, 0.2) is 5.16 Å². The number of rotatable bonds is 6. The van der Waals surface area contributed by atoms with Crippen molar-refractivity contribution in [3.63, 3.8) is 0 Å². The lowest BCUT2D eigenvalue weighted by Gasteiger charge is -2.31. The first-order chi connectivity index (χ1) is 12.1. The van der Waals surface area contributed by atoms with Crippen molar-refractivity contribution in [1.29, 1.82) is 0 Å². The maximum absolute atomic E-state index is 13.0. The Hall–Kier alpha value is -2.02. The zero-order valence-electron chi connectivity index (χ0n) is 14.7. The SMILES string of the molecule is CCCCn1c(SC(C)C(=O)N2CCCc3ccccc32)n[nH]c1=O. The monoisotopic (exact) mass is 360 g/mol. The molecule has 1 atom stereocenters. The zero-order chi connectivity index (χ0) is 17.8. The van der Waals surface area contributed by atoms with Gasteiger partial charge in [-0.05, 0) is 37.8 Å². The number of benzene rings is 1. The molecule has 1 aromatic heterocycles. The van der Waals surface area contributed by atoms with Crippen LogP contribution in [0.2, 0.25) is 0 Å². The van der Waals surface area contributed by atoms with Gasteiger partial charge < -0.3 is 4.90 Å². The average Bonchev–Trinajstić information content (AvgIpc) is 2.98. The normalized spacial score (nSPS) is 15.0. The fourth-order valence-electron chi connectivity index (χ4n) is 3.10. The number of aryl methyl sites for hydroxylation is 1. The molecule has 7 heteroatoms. The number of amides is 1. The number of H-pyrrole nitrogens is 1. The minimum Gasteiger partial charge on any atom is -0.311 e. The molecule has 3 rings (SSSR count). The molecule has 1 aromatic carbocycles. The van der Waals surface area contributed by atoms with Gasteiger partial charge in [0, 0.05) is 18.8 Å². The lowest BCUT2D eigenvalue weighted by Crippen LogP contribution is -2.40. The van der Waals surface area contributed by atoms with E-state index in [9.17, 15) is 9.59 Å². The van der Waals surface area contributed by atoms with E-state index in [0.29, 0.717) is 11.7 Å². The van der Waals surface area contributed by atoms with Crippen LogP contribution in [0.1, 0.15) is 38.7 Å². The first-order valence-corrected chi connectivity index (χ1v) is 9.71. The Kier molecular flexibility index (Phi) is 5.63. The Balaban J connectivity index is 1.75. The molecule has 1 amide bonds. The number of hydrogen-bond donors (Lipinski definition) is 1. The second-order valence-electron chi connectivity index (χ2n) is 6.30. The summed E-state index contributed by atoms with van der Waals surface area (Å²) >= 11 is 1.35. The molecule has 0 saturated heterocycles. The molecule has 1 N–H and O–H groups in total. The number of hydrogen-bond acceptors (Lipinski definition) is 4. The molecule has 25 heavy (non-hydrogen) atoms. The van der Waals surface area contributed by atoms with Crippen molar-refractivity contribution in [2.45, 2.75) is 56.5 Å². The highest BCUT2D eigenvalue weighted by molar-refractivity contribution is 8.00.